The van der Waals surface area contributed by atoms with Gasteiger partial charge in [0.25, 0.3) is 0 Å². The molecule has 2 aliphatic rings. The summed E-state index contributed by atoms with van der Waals surface area (Å²) < 4.78 is 1.29. The lowest BCUT2D eigenvalue weighted by Gasteiger charge is -2.48. The molecule has 116 valence electrons. The van der Waals surface area contributed by atoms with Crippen LogP contribution >= 0.6 is 22.7 Å². The third-order valence-corrected chi connectivity index (χ3v) is 7.33. The van der Waals surface area contributed by atoms with E-state index in [-0.39, 0.29) is 0 Å². The first kappa shape index (κ1) is 14.7. The van der Waals surface area contributed by atoms with Gasteiger partial charge in [0, 0.05) is 21.7 Å². The Morgan fingerprint density at radius 1 is 1.05 bits per heavy atom. The number of quaternary nitrogens is 1. The number of piperidine rings is 2. The lowest BCUT2D eigenvalue weighted by Crippen LogP contribution is -2.58. The van der Waals surface area contributed by atoms with Crippen LogP contribution in [-0.2, 0) is 0 Å². The van der Waals surface area contributed by atoms with Crippen LogP contribution in [0.25, 0.3) is 5.57 Å². The molecular formula is C19H24NS2+. The fourth-order valence-corrected chi connectivity index (χ4v) is 6.11. The number of rotatable bonds is 2. The van der Waals surface area contributed by atoms with E-state index in [1.165, 1.54) is 59.4 Å². The van der Waals surface area contributed by atoms with Crippen molar-refractivity contribution >= 4 is 28.2 Å². The maximum absolute atomic E-state index is 2.50. The van der Waals surface area contributed by atoms with Gasteiger partial charge in [0.1, 0.15) is 6.54 Å². The quantitative estimate of drug-likeness (QED) is 0.646. The van der Waals surface area contributed by atoms with E-state index in [4.69, 9.17) is 0 Å². The van der Waals surface area contributed by atoms with Crippen LogP contribution in [0.4, 0.5) is 0 Å². The van der Waals surface area contributed by atoms with Crippen LogP contribution in [0.5, 0.6) is 0 Å². The molecule has 2 aromatic rings. The van der Waals surface area contributed by atoms with E-state index < -0.39 is 0 Å². The predicted molar refractivity (Wildman–Crippen MR) is 97.5 cm³/mol. The van der Waals surface area contributed by atoms with Gasteiger partial charge in [-0.1, -0.05) is 12.1 Å². The van der Waals surface area contributed by atoms with Gasteiger partial charge in [-0.2, -0.15) is 0 Å². The van der Waals surface area contributed by atoms with E-state index >= 15 is 0 Å². The standard InChI is InChI=1S/C19H24NS2/c1-20-11-3-2-6-16(20)10-9-15(14-20)19(17-7-4-12-21-17)18-8-5-13-22-18/h4-5,7-8,12-13,16H,2-3,6,9-11,14H2,1H3/q+1/t16-,20?/m0/s1. The molecule has 2 aliphatic heterocycles. The number of thiophene rings is 2. The van der Waals surface area contributed by atoms with E-state index in [2.05, 4.69) is 42.1 Å². The highest BCUT2D eigenvalue weighted by Crippen LogP contribution is 2.41. The Morgan fingerprint density at radius 3 is 2.41 bits per heavy atom. The molecule has 0 aromatic carbocycles. The molecule has 0 bridgehead atoms. The van der Waals surface area contributed by atoms with Gasteiger partial charge in [-0.3, -0.25) is 0 Å². The summed E-state index contributed by atoms with van der Waals surface area (Å²) in [7, 11) is 2.50. The van der Waals surface area contributed by atoms with Crippen molar-refractivity contribution in [1.29, 1.82) is 0 Å². The zero-order valence-electron chi connectivity index (χ0n) is 13.3. The Bertz CT molecular complexity index is 617. The minimum atomic E-state index is 0.908. The Morgan fingerprint density at radius 2 is 1.77 bits per heavy atom. The van der Waals surface area contributed by atoms with E-state index in [9.17, 15) is 0 Å². The van der Waals surface area contributed by atoms with E-state index in [1.54, 1.807) is 11.1 Å². The van der Waals surface area contributed by atoms with Crippen molar-refractivity contribution in [3.05, 3.63) is 50.4 Å². The first-order chi connectivity index (χ1) is 10.8. The van der Waals surface area contributed by atoms with Crippen molar-refractivity contribution in [2.24, 2.45) is 0 Å². The number of fused-ring (bicyclic) bond motifs is 1. The van der Waals surface area contributed by atoms with Gasteiger partial charge < -0.3 is 4.48 Å². The number of hydrogen-bond donors (Lipinski definition) is 0. The second kappa shape index (κ2) is 5.95. The fraction of sp³-hybridized carbons (Fsp3) is 0.474. The monoisotopic (exact) mass is 330 g/mol. The number of nitrogens with zero attached hydrogens (tertiary/aromatic N) is 1. The largest absolute Gasteiger partial charge is 0.320 e. The smallest absolute Gasteiger partial charge is 0.101 e. The number of likely N-dealkylation sites (N-methyl/N-ethyl adjacent to an activating group) is 1. The molecule has 1 nitrogen and oxygen atoms in total. The van der Waals surface area contributed by atoms with Gasteiger partial charge in [0.05, 0.1) is 19.6 Å². The van der Waals surface area contributed by atoms with E-state index in [0.717, 1.165) is 6.04 Å². The zero-order chi connectivity index (χ0) is 15.0. The molecule has 4 rings (SSSR count). The summed E-state index contributed by atoms with van der Waals surface area (Å²) in [4.78, 5) is 2.92. The van der Waals surface area contributed by atoms with Crippen LogP contribution in [0.1, 0.15) is 41.9 Å². The molecule has 1 unspecified atom stereocenters. The van der Waals surface area contributed by atoms with Crippen molar-refractivity contribution < 1.29 is 4.48 Å². The molecule has 0 radical (unpaired) electrons. The van der Waals surface area contributed by atoms with Crippen LogP contribution in [0.3, 0.4) is 0 Å². The second-order valence-electron chi connectivity index (χ2n) is 6.98. The Balaban J connectivity index is 1.76. The third kappa shape index (κ3) is 2.60. The van der Waals surface area contributed by atoms with Crippen molar-refractivity contribution in [2.45, 2.75) is 38.1 Å². The SMILES string of the molecule is C[N+]12CCCC[C@H]1CCC(=C(c1cccs1)c1cccs1)C2. The van der Waals surface area contributed by atoms with Crippen molar-refractivity contribution in [3.8, 4) is 0 Å². The first-order valence-electron chi connectivity index (χ1n) is 8.40. The van der Waals surface area contributed by atoms with Crippen molar-refractivity contribution in [1.82, 2.24) is 0 Å². The summed E-state index contributed by atoms with van der Waals surface area (Å²) >= 11 is 3.79. The van der Waals surface area contributed by atoms with Gasteiger partial charge in [-0.15, -0.1) is 22.7 Å². The zero-order valence-corrected chi connectivity index (χ0v) is 14.9. The highest BCUT2D eigenvalue weighted by molar-refractivity contribution is 7.13. The lowest BCUT2D eigenvalue weighted by atomic mass is 9.85. The molecule has 2 atom stereocenters. The Hall–Kier alpha value is -0.900. The molecule has 0 N–H and O–H groups in total. The topological polar surface area (TPSA) is 0 Å². The molecule has 2 fully saturated rings. The van der Waals surface area contributed by atoms with Gasteiger partial charge >= 0.3 is 0 Å². The summed E-state index contributed by atoms with van der Waals surface area (Å²) in [6, 6.07) is 9.89. The van der Waals surface area contributed by atoms with Gasteiger partial charge in [-0.05, 0) is 54.1 Å². The molecule has 0 saturated carbocycles. The third-order valence-electron chi connectivity index (χ3n) is 5.56. The van der Waals surface area contributed by atoms with E-state index in [1.807, 2.05) is 22.7 Å². The van der Waals surface area contributed by atoms with Crippen LogP contribution in [0.2, 0.25) is 0 Å². The van der Waals surface area contributed by atoms with E-state index in [0.29, 0.717) is 0 Å². The second-order valence-corrected chi connectivity index (χ2v) is 8.88. The first-order valence-corrected chi connectivity index (χ1v) is 10.2. The van der Waals surface area contributed by atoms with Gasteiger partial charge in [0.2, 0.25) is 0 Å². The summed E-state index contributed by atoms with van der Waals surface area (Å²) in [6.45, 7) is 2.63. The van der Waals surface area contributed by atoms with Crippen molar-refractivity contribution in [3.63, 3.8) is 0 Å². The molecule has 4 heterocycles. The Kier molecular flexibility index (Phi) is 3.97. The predicted octanol–water partition coefficient (Wildman–Crippen LogP) is 5.40. The molecule has 2 saturated heterocycles. The minimum absolute atomic E-state index is 0.908. The van der Waals surface area contributed by atoms with Gasteiger partial charge in [0.15, 0.2) is 0 Å². The maximum Gasteiger partial charge on any atom is 0.101 e. The molecule has 0 aliphatic carbocycles. The average molecular weight is 331 g/mol. The molecule has 3 heteroatoms. The highest BCUT2D eigenvalue weighted by Gasteiger charge is 2.40. The normalized spacial score (nSPS) is 28.4. The van der Waals surface area contributed by atoms with Crippen LogP contribution in [0.15, 0.2) is 40.6 Å². The summed E-state index contributed by atoms with van der Waals surface area (Å²) in [5, 5.41) is 4.43. The lowest BCUT2D eigenvalue weighted by molar-refractivity contribution is -0.937. The van der Waals surface area contributed by atoms with Crippen molar-refractivity contribution in [2.75, 3.05) is 20.1 Å². The molecule has 22 heavy (non-hydrogen) atoms. The minimum Gasteiger partial charge on any atom is -0.320 e. The summed E-state index contributed by atoms with van der Waals surface area (Å²) in [5.41, 5.74) is 3.25. The van der Waals surface area contributed by atoms with Crippen LogP contribution in [-0.4, -0.2) is 30.7 Å². The average Bonchev–Trinajstić information content (AvgIpc) is 3.20. The highest BCUT2D eigenvalue weighted by atomic mass is 32.1. The van der Waals surface area contributed by atoms with Gasteiger partial charge in [-0.25, -0.2) is 0 Å². The fourth-order valence-electron chi connectivity index (χ4n) is 4.38. The van der Waals surface area contributed by atoms with Crippen LogP contribution < -0.4 is 0 Å². The molecule has 2 aromatic heterocycles. The maximum atomic E-state index is 2.50. The molecular weight excluding hydrogens is 306 g/mol. The summed E-state index contributed by atoms with van der Waals surface area (Å²) in [5.74, 6) is 0. The Labute approximate surface area is 141 Å². The molecule has 0 spiro atoms. The molecule has 0 amide bonds. The number of hydrogen-bond acceptors (Lipinski definition) is 2. The van der Waals surface area contributed by atoms with Crippen LogP contribution in [0, 0.1) is 0 Å². The summed E-state index contributed by atoms with van der Waals surface area (Å²) in [6.07, 6.45) is 6.97.